The third kappa shape index (κ3) is 4.11. The van der Waals surface area contributed by atoms with Gasteiger partial charge in [-0.05, 0) is 53.0 Å². The molecule has 0 aliphatic carbocycles. The van der Waals surface area contributed by atoms with Crippen LogP contribution in [0.3, 0.4) is 0 Å². The number of para-hydroxylation sites is 1. The van der Waals surface area contributed by atoms with Gasteiger partial charge in [-0.1, -0.05) is 18.2 Å². The van der Waals surface area contributed by atoms with Crippen molar-refractivity contribution in [3.05, 3.63) is 51.5 Å². The van der Waals surface area contributed by atoms with Gasteiger partial charge in [0.2, 0.25) is 0 Å². The van der Waals surface area contributed by atoms with Crippen molar-refractivity contribution in [2.45, 2.75) is 13.8 Å². The summed E-state index contributed by atoms with van der Waals surface area (Å²) in [6.45, 7) is 3.76. The topological polar surface area (TPSA) is 76.7 Å². The number of methoxy groups -OCH3 is 2. The molecule has 0 spiro atoms. The number of carbonyl (C=O) groups excluding carboxylic acids is 2. The van der Waals surface area contributed by atoms with Gasteiger partial charge in [-0.2, -0.15) is 0 Å². The van der Waals surface area contributed by atoms with Crippen LogP contribution in [0.4, 0.5) is 10.5 Å². The summed E-state index contributed by atoms with van der Waals surface area (Å²) >= 11 is 3.32. The molecule has 0 unspecified atom stereocenters. The zero-order valence-electron chi connectivity index (χ0n) is 14.4. The highest BCUT2D eigenvalue weighted by Gasteiger charge is 2.23. The maximum atomic E-state index is 12.6. The molecule has 0 fully saturated rings. The predicted molar refractivity (Wildman–Crippen MR) is 99.6 cm³/mol. The lowest BCUT2D eigenvalue weighted by Gasteiger charge is -2.15. The molecule has 0 heterocycles. The molecule has 0 aliphatic rings. The van der Waals surface area contributed by atoms with Crippen LogP contribution < -0.4 is 20.1 Å². The summed E-state index contributed by atoms with van der Waals surface area (Å²) in [5.74, 6) is -0.0344. The predicted octanol–water partition coefficient (Wildman–Crippen LogP) is 4.05. The first-order valence-corrected chi connectivity index (χ1v) is 8.27. The van der Waals surface area contributed by atoms with Crippen LogP contribution in [0.25, 0.3) is 0 Å². The smallest absolute Gasteiger partial charge is 0.326 e. The van der Waals surface area contributed by atoms with Crippen LogP contribution >= 0.6 is 15.9 Å². The Morgan fingerprint density at radius 3 is 2.20 bits per heavy atom. The van der Waals surface area contributed by atoms with Gasteiger partial charge in [-0.25, -0.2) is 4.79 Å². The summed E-state index contributed by atoms with van der Waals surface area (Å²) in [7, 11) is 2.88. The van der Waals surface area contributed by atoms with Crippen LogP contribution in [0.5, 0.6) is 11.5 Å². The Balaban J connectivity index is 2.25. The van der Waals surface area contributed by atoms with Crippen molar-refractivity contribution in [1.29, 1.82) is 0 Å². The maximum Gasteiger partial charge on any atom is 0.326 e. The first-order chi connectivity index (χ1) is 11.9. The quantitative estimate of drug-likeness (QED) is 0.802. The molecule has 25 heavy (non-hydrogen) atoms. The van der Waals surface area contributed by atoms with Crippen molar-refractivity contribution in [2.75, 3.05) is 19.5 Å². The Kier molecular flexibility index (Phi) is 6.03. The Morgan fingerprint density at radius 2 is 1.64 bits per heavy atom. The molecule has 0 aromatic heterocycles. The first-order valence-electron chi connectivity index (χ1n) is 7.48. The van der Waals surface area contributed by atoms with E-state index in [0.29, 0.717) is 15.9 Å². The van der Waals surface area contributed by atoms with Gasteiger partial charge < -0.3 is 14.8 Å². The van der Waals surface area contributed by atoms with Crippen LogP contribution in [-0.2, 0) is 0 Å². The van der Waals surface area contributed by atoms with Gasteiger partial charge in [0.05, 0.1) is 18.7 Å². The van der Waals surface area contributed by atoms with E-state index in [2.05, 4.69) is 26.6 Å². The highest BCUT2D eigenvalue weighted by Crippen LogP contribution is 2.35. The molecule has 0 radical (unpaired) electrons. The molecule has 132 valence electrons. The summed E-state index contributed by atoms with van der Waals surface area (Å²) < 4.78 is 11.0. The van der Waals surface area contributed by atoms with E-state index in [0.717, 1.165) is 11.1 Å². The first kappa shape index (κ1) is 18.8. The minimum atomic E-state index is -0.633. The number of benzene rings is 2. The Bertz CT molecular complexity index is 801. The number of urea groups is 1. The number of ether oxygens (including phenoxy) is 2. The molecule has 7 heteroatoms. The Morgan fingerprint density at radius 1 is 1.00 bits per heavy atom. The highest BCUT2D eigenvalue weighted by atomic mass is 79.9. The van der Waals surface area contributed by atoms with E-state index in [-0.39, 0.29) is 11.3 Å². The molecule has 6 nitrogen and oxygen atoms in total. The van der Waals surface area contributed by atoms with Gasteiger partial charge >= 0.3 is 6.03 Å². The van der Waals surface area contributed by atoms with Crippen molar-refractivity contribution in [3.63, 3.8) is 0 Å². The molecule has 0 aliphatic heterocycles. The largest absolute Gasteiger partial charge is 0.496 e. The monoisotopic (exact) mass is 406 g/mol. The van der Waals surface area contributed by atoms with Gasteiger partial charge in [0.1, 0.15) is 17.1 Å². The molecule has 2 rings (SSSR count). The minimum Gasteiger partial charge on any atom is -0.496 e. The maximum absolute atomic E-state index is 12.6. The molecular formula is C18H19BrN2O4. The number of imide groups is 1. The summed E-state index contributed by atoms with van der Waals surface area (Å²) in [6.07, 6.45) is 0. The summed E-state index contributed by atoms with van der Waals surface area (Å²) in [5, 5.41) is 5.01. The van der Waals surface area contributed by atoms with Crippen molar-refractivity contribution >= 4 is 33.6 Å². The number of carbonyl (C=O) groups is 2. The van der Waals surface area contributed by atoms with Crippen molar-refractivity contribution in [2.24, 2.45) is 0 Å². The van der Waals surface area contributed by atoms with Crippen LogP contribution in [0, 0.1) is 13.8 Å². The normalized spacial score (nSPS) is 10.1. The second kappa shape index (κ2) is 8.02. The zero-order valence-corrected chi connectivity index (χ0v) is 16.0. The third-order valence-electron chi connectivity index (χ3n) is 3.67. The number of nitrogens with one attached hydrogen (secondary N) is 2. The van der Waals surface area contributed by atoms with Gasteiger partial charge in [0.25, 0.3) is 5.91 Å². The van der Waals surface area contributed by atoms with E-state index in [1.165, 1.54) is 14.2 Å². The Hall–Kier alpha value is -2.54. The number of rotatable bonds is 4. The minimum absolute atomic E-state index is 0.135. The van der Waals surface area contributed by atoms with Gasteiger partial charge in [0, 0.05) is 5.69 Å². The van der Waals surface area contributed by atoms with E-state index < -0.39 is 11.9 Å². The number of hydrogen-bond acceptors (Lipinski definition) is 4. The standard InChI is InChI=1S/C18H19BrN2O4/c1-10-6-5-7-11(2)15(10)20-18(23)21-17(22)14-13(24-3)9-8-12(19)16(14)25-4/h5-9H,1-4H3,(H2,20,21,22,23). The SMILES string of the molecule is COc1ccc(Br)c(OC)c1C(=O)NC(=O)Nc1c(C)cccc1C. The van der Waals surface area contributed by atoms with E-state index in [1.807, 2.05) is 32.0 Å². The van der Waals surface area contributed by atoms with Gasteiger partial charge in [-0.3, -0.25) is 10.1 Å². The van der Waals surface area contributed by atoms with E-state index >= 15 is 0 Å². The average molecular weight is 407 g/mol. The molecule has 0 bridgehead atoms. The van der Waals surface area contributed by atoms with Crippen molar-refractivity contribution < 1.29 is 19.1 Å². The second-order valence-corrected chi connectivity index (χ2v) is 6.19. The molecule has 0 atom stereocenters. The molecule has 3 amide bonds. The molecule has 0 saturated carbocycles. The summed E-state index contributed by atoms with van der Waals surface area (Å²) in [6, 6.07) is 8.34. The fourth-order valence-electron chi connectivity index (χ4n) is 2.45. The van der Waals surface area contributed by atoms with Gasteiger partial charge in [-0.15, -0.1) is 0 Å². The van der Waals surface area contributed by atoms with Gasteiger partial charge in [0.15, 0.2) is 0 Å². The lowest BCUT2D eigenvalue weighted by Crippen LogP contribution is -2.35. The van der Waals surface area contributed by atoms with Crippen LogP contribution in [0.1, 0.15) is 21.5 Å². The average Bonchev–Trinajstić information content (AvgIpc) is 2.57. The summed E-state index contributed by atoms with van der Waals surface area (Å²) in [4.78, 5) is 24.8. The fourth-order valence-corrected chi connectivity index (χ4v) is 2.94. The third-order valence-corrected chi connectivity index (χ3v) is 4.29. The second-order valence-electron chi connectivity index (χ2n) is 5.33. The number of amides is 3. The molecule has 2 N–H and O–H groups in total. The zero-order chi connectivity index (χ0) is 18.6. The molecule has 2 aromatic rings. The van der Waals surface area contributed by atoms with Crippen molar-refractivity contribution in [3.8, 4) is 11.5 Å². The van der Waals surface area contributed by atoms with Crippen LogP contribution in [-0.4, -0.2) is 26.2 Å². The fraction of sp³-hybridized carbons (Fsp3) is 0.222. The molecular weight excluding hydrogens is 388 g/mol. The molecule has 0 saturated heterocycles. The highest BCUT2D eigenvalue weighted by molar-refractivity contribution is 9.10. The Labute approximate surface area is 154 Å². The summed E-state index contributed by atoms with van der Waals surface area (Å²) in [5.41, 5.74) is 2.61. The van der Waals surface area contributed by atoms with E-state index in [9.17, 15) is 9.59 Å². The van der Waals surface area contributed by atoms with E-state index in [1.54, 1.807) is 12.1 Å². The lowest BCUT2D eigenvalue weighted by molar-refractivity contribution is 0.0961. The van der Waals surface area contributed by atoms with Crippen LogP contribution in [0.2, 0.25) is 0 Å². The molecule has 2 aromatic carbocycles. The number of halogens is 1. The lowest BCUT2D eigenvalue weighted by atomic mass is 10.1. The number of hydrogen-bond donors (Lipinski definition) is 2. The van der Waals surface area contributed by atoms with Crippen LogP contribution in [0.15, 0.2) is 34.8 Å². The van der Waals surface area contributed by atoms with Crippen molar-refractivity contribution in [1.82, 2.24) is 5.32 Å². The number of anilines is 1. The van der Waals surface area contributed by atoms with E-state index in [4.69, 9.17) is 9.47 Å². The number of aryl methyl sites for hydroxylation is 2.